The maximum Gasteiger partial charge on any atom is 0.178 e. The van der Waals surface area contributed by atoms with Gasteiger partial charge in [0.1, 0.15) is 5.69 Å². The van der Waals surface area contributed by atoms with E-state index < -0.39 is 0 Å². The lowest BCUT2D eigenvalue weighted by Gasteiger charge is -2.09. The lowest BCUT2D eigenvalue weighted by Crippen LogP contribution is -2.09. The van der Waals surface area contributed by atoms with Crippen LogP contribution in [0.5, 0.6) is 0 Å². The van der Waals surface area contributed by atoms with Crippen molar-refractivity contribution in [2.24, 2.45) is 5.73 Å². The number of hydrogen-bond acceptors (Lipinski definition) is 4. The summed E-state index contributed by atoms with van der Waals surface area (Å²) < 4.78 is 0. The monoisotopic (exact) mass is 228 g/mol. The van der Waals surface area contributed by atoms with Gasteiger partial charge in [-0.1, -0.05) is 0 Å². The topological polar surface area (TPSA) is 64.7 Å². The molecule has 2 heterocycles. The first-order chi connectivity index (χ1) is 8.08. The molecule has 0 aliphatic carbocycles. The van der Waals surface area contributed by atoms with Gasteiger partial charge in [0.15, 0.2) is 5.82 Å². The Bertz CT molecular complexity index is 535. The second-order valence-corrected chi connectivity index (χ2v) is 4.24. The predicted molar refractivity (Wildman–Crippen MR) is 67.3 cm³/mol. The number of nitrogens with two attached hydrogens (primary N) is 1. The van der Waals surface area contributed by atoms with Crippen molar-refractivity contribution in [2.75, 3.05) is 0 Å². The largest absolute Gasteiger partial charge is 0.324 e. The third-order valence-electron chi connectivity index (χ3n) is 2.65. The smallest absolute Gasteiger partial charge is 0.178 e. The minimum absolute atomic E-state index is 0.0467. The maximum absolute atomic E-state index is 5.83. The second kappa shape index (κ2) is 4.59. The highest BCUT2D eigenvalue weighted by atomic mass is 14.9. The van der Waals surface area contributed by atoms with Crippen molar-refractivity contribution in [3.05, 3.63) is 41.3 Å². The van der Waals surface area contributed by atoms with Crippen LogP contribution in [0, 0.1) is 13.8 Å². The van der Waals surface area contributed by atoms with E-state index >= 15 is 0 Å². The van der Waals surface area contributed by atoms with Crippen LogP contribution < -0.4 is 5.73 Å². The Morgan fingerprint density at radius 1 is 1.24 bits per heavy atom. The fraction of sp³-hybridized carbons (Fsp3) is 0.308. The molecule has 2 N–H and O–H groups in total. The third kappa shape index (κ3) is 2.47. The van der Waals surface area contributed by atoms with E-state index in [1.165, 1.54) is 0 Å². The van der Waals surface area contributed by atoms with E-state index in [2.05, 4.69) is 15.0 Å². The molecule has 4 heteroatoms. The first-order valence-electron chi connectivity index (χ1n) is 5.60. The van der Waals surface area contributed by atoms with Crippen LogP contribution in [0.25, 0.3) is 11.5 Å². The summed E-state index contributed by atoms with van der Waals surface area (Å²) >= 11 is 0. The van der Waals surface area contributed by atoms with E-state index in [9.17, 15) is 0 Å². The van der Waals surface area contributed by atoms with Crippen LogP contribution in [0.1, 0.15) is 29.8 Å². The molecule has 4 nitrogen and oxygen atoms in total. The van der Waals surface area contributed by atoms with Gasteiger partial charge in [0.25, 0.3) is 0 Å². The van der Waals surface area contributed by atoms with Crippen LogP contribution >= 0.6 is 0 Å². The van der Waals surface area contributed by atoms with Gasteiger partial charge in [-0.15, -0.1) is 0 Å². The van der Waals surface area contributed by atoms with E-state index in [4.69, 9.17) is 5.73 Å². The molecule has 2 rings (SSSR count). The molecule has 88 valence electrons. The molecule has 2 aromatic heterocycles. The van der Waals surface area contributed by atoms with Gasteiger partial charge in [0, 0.05) is 29.7 Å². The molecule has 0 fully saturated rings. The SMILES string of the molecule is Cc1ccnc(-c2ncc([C@H](C)N)c(C)n2)c1. The first kappa shape index (κ1) is 11.7. The van der Waals surface area contributed by atoms with Crippen LogP contribution in [0.15, 0.2) is 24.5 Å². The molecule has 0 amide bonds. The fourth-order valence-electron chi connectivity index (χ4n) is 1.71. The Kier molecular flexibility index (Phi) is 3.15. The summed E-state index contributed by atoms with van der Waals surface area (Å²) in [6, 6.07) is 3.88. The molecule has 0 aromatic carbocycles. The Labute approximate surface area is 101 Å². The van der Waals surface area contributed by atoms with Gasteiger partial charge in [-0.05, 0) is 38.5 Å². The number of pyridine rings is 1. The Morgan fingerprint density at radius 3 is 2.59 bits per heavy atom. The van der Waals surface area contributed by atoms with Crippen molar-refractivity contribution in [2.45, 2.75) is 26.8 Å². The van der Waals surface area contributed by atoms with Crippen LogP contribution in [0.2, 0.25) is 0 Å². The average Bonchev–Trinajstić information content (AvgIpc) is 2.28. The van der Waals surface area contributed by atoms with Crippen molar-refractivity contribution in [3.63, 3.8) is 0 Å². The quantitative estimate of drug-likeness (QED) is 0.855. The van der Waals surface area contributed by atoms with E-state index in [1.807, 2.05) is 32.9 Å². The van der Waals surface area contributed by atoms with Gasteiger partial charge < -0.3 is 5.73 Å². The molecule has 17 heavy (non-hydrogen) atoms. The minimum atomic E-state index is -0.0467. The molecule has 0 saturated carbocycles. The summed E-state index contributed by atoms with van der Waals surface area (Å²) in [6.45, 7) is 5.89. The van der Waals surface area contributed by atoms with E-state index in [1.54, 1.807) is 12.4 Å². The normalized spacial score (nSPS) is 12.5. The molecule has 0 saturated heterocycles. The summed E-state index contributed by atoms with van der Waals surface area (Å²) in [4.78, 5) is 13.0. The fourth-order valence-corrected chi connectivity index (χ4v) is 1.71. The number of hydrogen-bond donors (Lipinski definition) is 1. The Hall–Kier alpha value is -1.81. The number of aryl methyl sites for hydroxylation is 2. The molecule has 0 spiro atoms. The molecule has 0 radical (unpaired) electrons. The van der Waals surface area contributed by atoms with Crippen LogP contribution in [-0.4, -0.2) is 15.0 Å². The molecule has 1 atom stereocenters. The van der Waals surface area contributed by atoms with Crippen LogP contribution in [0.4, 0.5) is 0 Å². The highest BCUT2D eigenvalue weighted by Crippen LogP contribution is 2.17. The lowest BCUT2D eigenvalue weighted by molar-refractivity contribution is 0.790. The van der Waals surface area contributed by atoms with Crippen molar-refractivity contribution < 1.29 is 0 Å². The number of rotatable bonds is 2. The zero-order valence-corrected chi connectivity index (χ0v) is 10.3. The van der Waals surface area contributed by atoms with Gasteiger partial charge in [-0.25, -0.2) is 9.97 Å². The highest BCUT2D eigenvalue weighted by molar-refractivity contribution is 5.50. The minimum Gasteiger partial charge on any atom is -0.324 e. The highest BCUT2D eigenvalue weighted by Gasteiger charge is 2.09. The van der Waals surface area contributed by atoms with Crippen molar-refractivity contribution in [3.8, 4) is 11.5 Å². The number of aromatic nitrogens is 3. The molecule has 0 unspecified atom stereocenters. The van der Waals surface area contributed by atoms with Crippen molar-refractivity contribution in [1.82, 2.24) is 15.0 Å². The molecule has 0 bridgehead atoms. The lowest BCUT2D eigenvalue weighted by atomic mass is 10.1. The van der Waals surface area contributed by atoms with Gasteiger partial charge in [-0.2, -0.15) is 0 Å². The summed E-state index contributed by atoms with van der Waals surface area (Å²) in [5.74, 6) is 0.649. The van der Waals surface area contributed by atoms with Crippen molar-refractivity contribution in [1.29, 1.82) is 0 Å². The van der Waals surface area contributed by atoms with Gasteiger partial charge in [0.2, 0.25) is 0 Å². The predicted octanol–water partition coefficient (Wildman–Crippen LogP) is 2.18. The zero-order chi connectivity index (χ0) is 12.4. The van der Waals surface area contributed by atoms with E-state index in [-0.39, 0.29) is 6.04 Å². The molecule has 2 aromatic rings. The third-order valence-corrected chi connectivity index (χ3v) is 2.65. The standard InChI is InChI=1S/C13H16N4/c1-8-4-5-15-12(6-8)13-16-7-11(9(2)14)10(3)17-13/h4-7,9H,14H2,1-3H3/t9-/m0/s1. The average molecular weight is 228 g/mol. The van der Waals surface area contributed by atoms with Gasteiger partial charge in [0.05, 0.1) is 0 Å². The van der Waals surface area contributed by atoms with E-state index in [0.717, 1.165) is 22.5 Å². The summed E-state index contributed by atoms with van der Waals surface area (Å²) in [5, 5.41) is 0. The zero-order valence-electron chi connectivity index (χ0n) is 10.3. The summed E-state index contributed by atoms with van der Waals surface area (Å²) in [6.07, 6.45) is 3.55. The Balaban J connectivity index is 2.44. The molecule has 0 aliphatic heterocycles. The summed E-state index contributed by atoms with van der Waals surface area (Å²) in [7, 11) is 0. The molecular formula is C13H16N4. The van der Waals surface area contributed by atoms with Gasteiger partial charge in [-0.3, -0.25) is 4.98 Å². The molecular weight excluding hydrogens is 212 g/mol. The van der Waals surface area contributed by atoms with Gasteiger partial charge >= 0.3 is 0 Å². The van der Waals surface area contributed by atoms with E-state index in [0.29, 0.717) is 5.82 Å². The van der Waals surface area contributed by atoms with Crippen LogP contribution in [-0.2, 0) is 0 Å². The maximum atomic E-state index is 5.83. The second-order valence-electron chi connectivity index (χ2n) is 4.24. The molecule has 0 aliphatic rings. The Morgan fingerprint density at radius 2 is 2.00 bits per heavy atom. The van der Waals surface area contributed by atoms with Crippen LogP contribution in [0.3, 0.4) is 0 Å². The number of nitrogens with zero attached hydrogens (tertiary/aromatic N) is 3. The first-order valence-corrected chi connectivity index (χ1v) is 5.60. The van der Waals surface area contributed by atoms with Crippen molar-refractivity contribution >= 4 is 0 Å². The summed E-state index contributed by atoms with van der Waals surface area (Å²) in [5.41, 5.74) is 9.66.